The van der Waals surface area contributed by atoms with Gasteiger partial charge in [-0.25, -0.2) is 0 Å². The maximum atomic E-state index is 12.8. The van der Waals surface area contributed by atoms with Crippen molar-refractivity contribution in [2.75, 3.05) is 13.2 Å². The third-order valence-electron chi connectivity index (χ3n) is 6.13. The van der Waals surface area contributed by atoms with Crippen molar-refractivity contribution in [3.8, 4) is 0 Å². The molecule has 2 amide bonds. The Bertz CT molecular complexity index is 756. The van der Waals surface area contributed by atoms with Gasteiger partial charge in [0.15, 0.2) is 0 Å². The summed E-state index contributed by atoms with van der Waals surface area (Å²) in [6.45, 7) is 0.747. The van der Waals surface area contributed by atoms with Gasteiger partial charge < -0.3 is 15.4 Å². The largest absolute Gasteiger partial charge is 0.463 e. The minimum absolute atomic E-state index is 0.0541. The Kier molecular flexibility index (Phi) is 9.13. The van der Waals surface area contributed by atoms with Gasteiger partial charge in [0.1, 0.15) is 6.61 Å². The van der Waals surface area contributed by atoms with E-state index < -0.39 is 17.9 Å². The number of hydrogen-bond acceptors (Lipinski definition) is 4. The van der Waals surface area contributed by atoms with Crippen LogP contribution in [0.3, 0.4) is 0 Å². The van der Waals surface area contributed by atoms with Crippen molar-refractivity contribution in [3.63, 3.8) is 0 Å². The number of allylic oxidation sites excluding steroid dienone is 2. The van der Waals surface area contributed by atoms with Crippen LogP contribution >= 0.6 is 0 Å². The summed E-state index contributed by atoms with van der Waals surface area (Å²) in [4.78, 5) is 37.5. The first-order chi connectivity index (χ1) is 15.1. The van der Waals surface area contributed by atoms with Crippen molar-refractivity contribution in [2.45, 2.75) is 63.8 Å². The van der Waals surface area contributed by atoms with Gasteiger partial charge in [0.05, 0.1) is 12.0 Å². The summed E-state index contributed by atoms with van der Waals surface area (Å²) >= 11 is 0. The van der Waals surface area contributed by atoms with Gasteiger partial charge in [0.2, 0.25) is 11.8 Å². The van der Waals surface area contributed by atoms with E-state index in [1.165, 1.54) is 32.1 Å². The molecule has 0 unspecified atom stereocenters. The van der Waals surface area contributed by atoms with Gasteiger partial charge in [-0.1, -0.05) is 61.7 Å². The zero-order valence-corrected chi connectivity index (χ0v) is 18.2. The summed E-state index contributed by atoms with van der Waals surface area (Å²) < 4.78 is 5.57. The molecule has 1 fully saturated rings. The molecule has 168 valence electrons. The van der Waals surface area contributed by atoms with E-state index in [9.17, 15) is 14.4 Å². The fourth-order valence-electron chi connectivity index (χ4n) is 4.26. The van der Waals surface area contributed by atoms with Crippen molar-refractivity contribution in [2.24, 2.45) is 11.8 Å². The van der Waals surface area contributed by atoms with E-state index >= 15 is 0 Å². The molecule has 1 aromatic carbocycles. The molecule has 1 heterocycles. The first-order valence-electron chi connectivity index (χ1n) is 11.5. The van der Waals surface area contributed by atoms with Crippen LogP contribution in [0, 0.1) is 11.8 Å². The number of esters is 1. The molecule has 0 bridgehead atoms. The van der Waals surface area contributed by atoms with E-state index in [0.717, 1.165) is 5.56 Å². The van der Waals surface area contributed by atoms with Crippen LogP contribution in [0.1, 0.15) is 69.4 Å². The highest BCUT2D eigenvalue weighted by atomic mass is 16.5. The summed E-state index contributed by atoms with van der Waals surface area (Å²) in [5.41, 5.74) is 0.887. The average molecular weight is 427 g/mol. The third-order valence-corrected chi connectivity index (χ3v) is 6.13. The minimum Gasteiger partial charge on any atom is -0.463 e. The van der Waals surface area contributed by atoms with Crippen LogP contribution in [0.15, 0.2) is 42.5 Å². The number of hydrogen-bond donors (Lipinski definition) is 2. The number of carbonyl (C=O) groups excluding carboxylic acids is 3. The molecule has 2 aliphatic rings. The molecular formula is C25H34N2O4. The highest BCUT2D eigenvalue weighted by molar-refractivity contribution is 5.83. The molecule has 31 heavy (non-hydrogen) atoms. The lowest BCUT2D eigenvalue weighted by Gasteiger charge is -2.23. The van der Waals surface area contributed by atoms with Crippen molar-refractivity contribution in [1.82, 2.24) is 10.6 Å². The molecular weight excluding hydrogens is 392 g/mol. The maximum absolute atomic E-state index is 12.8. The monoisotopic (exact) mass is 426 g/mol. The lowest BCUT2D eigenvalue weighted by Crippen LogP contribution is -2.35. The molecule has 1 aromatic rings. The van der Waals surface area contributed by atoms with Gasteiger partial charge in [-0.05, 0) is 37.2 Å². The molecule has 6 nitrogen and oxygen atoms in total. The van der Waals surface area contributed by atoms with Crippen LogP contribution in [0.25, 0.3) is 0 Å². The zero-order valence-electron chi connectivity index (χ0n) is 18.2. The fourth-order valence-corrected chi connectivity index (χ4v) is 4.26. The molecule has 6 heteroatoms. The lowest BCUT2D eigenvalue weighted by atomic mass is 9.89. The smallest absolute Gasteiger partial charge is 0.309 e. The van der Waals surface area contributed by atoms with Gasteiger partial charge >= 0.3 is 5.97 Å². The molecule has 2 N–H and O–H groups in total. The summed E-state index contributed by atoms with van der Waals surface area (Å²) in [6.07, 6.45) is 11.4. The standard InChI is InChI=1S/C25H34N2O4/c28-23-15-9-3-8-14-21(16-24(29)26-17-19-10-4-1-5-11-19)25(30)31-18-22(27-23)20-12-6-2-7-13-20/h2-3,6-8,12-13,19,21-22H,1,4-5,9-11,14-18H2,(H,26,29)(H,27,28)/t21-,22-/m0/s1. The highest BCUT2D eigenvalue weighted by Gasteiger charge is 2.25. The molecule has 0 saturated heterocycles. The predicted octanol–water partition coefficient (Wildman–Crippen LogP) is 3.83. The molecule has 1 saturated carbocycles. The quantitative estimate of drug-likeness (QED) is 0.554. The number of carbonyl (C=O) groups is 3. The maximum Gasteiger partial charge on any atom is 0.309 e. The molecule has 0 spiro atoms. The molecule has 2 atom stereocenters. The molecule has 1 aliphatic heterocycles. The summed E-state index contributed by atoms with van der Waals surface area (Å²) in [7, 11) is 0. The van der Waals surface area contributed by atoms with Crippen molar-refractivity contribution < 1.29 is 19.1 Å². The number of benzene rings is 1. The van der Waals surface area contributed by atoms with E-state index in [0.29, 0.717) is 31.7 Å². The Morgan fingerprint density at radius 1 is 1.06 bits per heavy atom. The third kappa shape index (κ3) is 7.85. The van der Waals surface area contributed by atoms with Crippen LogP contribution in [0.4, 0.5) is 0 Å². The van der Waals surface area contributed by atoms with E-state index in [-0.39, 0.29) is 24.8 Å². The molecule has 0 radical (unpaired) electrons. The summed E-state index contributed by atoms with van der Waals surface area (Å²) in [5.74, 6) is -0.534. The van der Waals surface area contributed by atoms with Crippen LogP contribution in [0.5, 0.6) is 0 Å². The Balaban J connectivity index is 1.59. The van der Waals surface area contributed by atoms with Gasteiger partial charge in [0.25, 0.3) is 0 Å². The van der Waals surface area contributed by atoms with Crippen molar-refractivity contribution in [1.29, 1.82) is 0 Å². The highest BCUT2D eigenvalue weighted by Crippen LogP contribution is 2.23. The van der Waals surface area contributed by atoms with Gasteiger partial charge in [-0.2, -0.15) is 0 Å². The summed E-state index contributed by atoms with van der Waals surface area (Å²) in [5, 5.41) is 5.97. The van der Waals surface area contributed by atoms with E-state index in [1.807, 2.05) is 42.5 Å². The zero-order chi connectivity index (χ0) is 21.9. The van der Waals surface area contributed by atoms with Crippen molar-refractivity contribution in [3.05, 3.63) is 48.0 Å². The molecule has 1 aliphatic carbocycles. The normalized spacial score (nSPS) is 23.7. The van der Waals surface area contributed by atoms with Gasteiger partial charge in [-0.3, -0.25) is 14.4 Å². The van der Waals surface area contributed by atoms with E-state index in [2.05, 4.69) is 10.6 Å². The second-order valence-electron chi connectivity index (χ2n) is 8.62. The Morgan fingerprint density at radius 3 is 2.61 bits per heavy atom. The SMILES string of the molecule is O=C(C[C@@H]1CC=CCCC(=O)N[C@H](c2ccccc2)COC1=O)NCC1CCCCC1. The second kappa shape index (κ2) is 12.3. The van der Waals surface area contributed by atoms with Crippen molar-refractivity contribution >= 4 is 17.8 Å². The topological polar surface area (TPSA) is 84.5 Å². The lowest BCUT2D eigenvalue weighted by molar-refractivity contribution is -0.151. The van der Waals surface area contributed by atoms with Crippen LogP contribution in [0.2, 0.25) is 0 Å². The molecule has 0 aromatic heterocycles. The number of amides is 2. The predicted molar refractivity (Wildman–Crippen MR) is 119 cm³/mol. The second-order valence-corrected chi connectivity index (χ2v) is 8.62. The Hall–Kier alpha value is -2.63. The number of rotatable bonds is 5. The molecule has 3 rings (SSSR count). The van der Waals surface area contributed by atoms with E-state index in [1.54, 1.807) is 0 Å². The van der Waals surface area contributed by atoms with Gasteiger partial charge in [0, 0.05) is 19.4 Å². The average Bonchev–Trinajstić information content (AvgIpc) is 2.79. The summed E-state index contributed by atoms with van der Waals surface area (Å²) in [6, 6.07) is 9.09. The van der Waals surface area contributed by atoms with Gasteiger partial charge in [-0.15, -0.1) is 0 Å². The van der Waals surface area contributed by atoms with Crippen LogP contribution < -0.4 is 10.6 Å². The first-order valence-corrected chi connectivity index (χ1v) is 11.5. The van der Waals surface area contributed by atoms with Crippen LogP contribution in [-0.2, 0) is 19.1 Å². The Labute approximate surface area is 184 Å². The minimum atomic E-state index is -0.519. The van der Waals surface area contributed by atoms with Crippen LogP contribution in [-0.4, -0.2) is 30.9 Å². The number of cyclic esters (lactones) is 1. The Morgan fingerprint density at radius 2 is 1.84 bits per heavy atom. The number of ether oxygens (including phenoxy) is 1. The fraction of sp³-hybridized carbons (Fsp3) is 0.560. The van der Waals surface area contributed by atoms with E-state index in [4.69, 9.17) is 4.74 Å². The first kappa shape index (κ1) is 23.0. The number of nitrogens with one attached hydrogen (secondary N) is 2.